The molecule has 0 aliphatic carbocycles. The second kappa shape index (κ2) is 8.24. The average molecular weight is 452 g/mol. The molecule has 8 heteroatoms. The van der Waals surface area contributed by atoms with E-state index >= 15 is 0 Å². The fourth-order valence-electron chi connectivity index (χ4n) is 3.90. The van der Waals surface area contributed by atoms with Gasteiger partial charge in [-0.2, -0.15) is 4.57 Å². The molecular formula is C24H24ClN4O3+. The van der Waals surface area contributed by atoms with Gasteiger partial charge in [-0.1, -0.05) is 31.5 Å². The molecule has 0 unspecified atom stereocenters. The predicted molar refractivity (Wildman–Crippen MR) is 122 cm³/mol. The number of nitrogens with one attached hydrogen (secondary N) is 1. The summed E-state index contributed by atoms with van der Waals surface area (Å²) < 4.78 is 2.98. The van der Waals surface area contributed by atoms with Crippen molar-refractivity contribution in [3.05, 3.63) is 81.5 Å². The topological polar surface area (TPSA) is 79.1 Å². The third kappa shape index (κ3) is 3.48. The van der Waals surface area contributed by atoms with Gasteiger partial charge in [-0.05, 0) is 44.0 Å². The van der Waals surface area contributed by atoms with Crippen LogP contribution in [0.15, 0.2) is 59.7 Å². The van der Waals surface area contributed by atoms with E-state index in [0.29, 0.717) is 16.4 Å². The summed E-state index contributed by atoms with van der Waals surface area (Å²) in [6, 6.07) is 11.8. The fraction of sp³-hybridized carbons (Fsp3) is 0.250. The van der Waals surface area contributed by atoms with E-state index in [0.717, 1.165) is 0 Å². The van der Waals surface area contributed by atoms with Gasteiger partial charge in [-0.25, -0.2) is 4.68 Å². The molecule has 1 aliphatic heterocycles. The lowest BCUT2D eigenvalue weighted by atomic mass is 9.98. The number of H-pyrrole nitrogens is 1. The molecule has 4 rings (SSSR count). The van der Waals surface area contributed by atoms with Crippen LogP contribution in [0.5, 0.6) is 0 Å². The number of pyridine rings is 1. The Kier molecular flexibility index (Phi) is 5.60. The monoisotopic (exact) mass is 451 g/mol. The zero-order chi connectivity index (χ0) is 23.2. The van der Waals surface area contributed by atoms with Crippen LogP contribution in [-0.4, -0.2) is 32.5 Å². The maximum Gasteiger partial charge on any atom is 0.327 e. The molecule has 0 atom stereocenters. The van der Waals surface area contributed by atoms with Gasteiger partial charge < -0.3 is 0 Å². The summed E-state index contributed by atoms with van der Waals surface area (Å²) in [5.41, 5.74) is 1.26. The van der Waals surface area contributed by atoms with Gasteiger partial charge in [-0.15, -0.1) is 0 Å². The second-order valence-corrected chi connectivity index (χ2v) is 8.69. The first-order chi connectivity index (χ1) is 15.2. The van der Waals surface area contributed by atoms with Crippen LogP contribution in [0.3, 0.4) is 0 Å². The minimum Gasteiger partial charge on any atom is -0.294 e. The quantitative estimate of drug-likeness (QED) is 0.477. The number of carbonyl (C=O) groups excluding carboxylic acids is 2. The second-order valence-electron chi connectivity index (χ2n) is 8.25. The third-order valence-corrected chi connectivity index (χ3v) is 5.66. The summed E-state index contributed by atoms with van der Waals surface area (Å²) in [6.07, 6.45) is 3.40. The van der Waals surface area contributed by atoms with Crippen molar-refractivity contribution in [2.45, 2.75) is 39.7 Å². The summed E-state index contributed by atoms with van der Waals surface area (Å²) in [5, 5.41) is 3.70. The van der Waals surface area contributed by atoms with Crippen LogP contribution in [0.2, 0.25) is 5.02 Å². The van der Waals surface area contributed by atoms with E-state index in [1.807, 2.05) is 19.9 Å². The van der Waals surface area contributed by atoms with Crippen molar-refractivity contribution in [3.8, 4) is 5.69 Å². The number of hydrogen-bond donors (Lipinski definition) is 1. The van der Waals surface area contributed by atoms with Crippen LogP contribution in [-0.2, 0) is 9.59 Å². The van der Waals surface area contributed by atoms with E-state index < -0.39 is 17.4 Å². The van der Waals surface area contributed by atoms with Gasteiger partial charge >= 0.3 is 5.91 Å². The molecule has 3 heterocycles. The van der Waals surface area contributed by atoms with Crippen molar-refractivity contribution in [1.29, 1.82) is 0 Å². The number of aromatic nitrogens is 3. The number of amides is 2. The number of aromatic amines is 1. The molecule has 0 fully saturated rings. The number of imide groups is 1. The van der Waals surface area contributed by atoms with Crippen LogP contribution >= 0.6 is 11.6 Å². The summed E-state index contributed by atoms with van der Waals surface area (Å²) in [4.78, 5) is 41.7. The maximum absolute atomic E-state index is 13.6. The maximum atomic E-state index is 13.6. The number of halogens is 1. The first-order valence-corrected chi connectivity index (χ1v) is 10.8. The first-order valence-electron chi connectivity index (χ1n) is 10.4. The molecule has 1 aliphatic rings. The molecule has 0 spiro atoms. The number of nitrogens with zero attached hydrogens (tertiary/aromatic N) is 3. The Labute approximate surface area is 190 Å². The molecule has 2 aromatic heterocycles. The third-order valence-electron chi connectivity index (χ3n) is 5.41. The van der Waals surface area contributed by atoms with E-state index in [4.69, 9.17) is 11.6 Å². The largest absolute Gasteiger partial charge is 0.327 e. The highest BCUT2D eigenvalue weighted by Crippen LogP contribution is 2.33. The number of benzene rings is 1. The Morgan fingerprint density at radius 3 is 2.09 bits per heavy atom. The molecular weight excluding hydrogens is 428 g/mol. The zero-order valence-corrected chi connectivity index (χ0v) is 19.1. The van der Waals surface area contributed by atoms with Crippen LogP contribution in [0.1, 0.15) is 44.9 Å². The van der Waals surface area contributed by atoms with Crippen LogP contribution in [0.25, 0.3) is 17.0 Å². The van der Waals surface area contributed by atoms with E-state index in [9.17, 15) is 14.4 Å². The van der Waals surface area contributed by atoms with Crippen LogP contribution in [0, 0.1) is 0 Å². The van der Waals surface area contributed by atoms with E-state index in [-0.39, 0.29) is 28.8 Å². The molecule has 1 aromatic carbocycles. The summed E-state index contributed by atoms with van der Waals surface area (Å²) in [6.45, 7) is 7.41. The van der Waals surface area contributed by atoms with Gasteiger partial charge in [0, 0.05) is 28.9 Å². The Morgan fingerprint density at radius 1 is 0.906 bits per heavy atom. The fourth-order valence-corrected chi connectivity index (χ4v) is 4.03. The summed E-state index contributed by atoms with van der Waals surface area (Å²) >= 11 is 6.00. The lowest BCUT2D eigenvalue weighted by Gasteiger charge is -2.17. The smallest absolute Gasteiger partial charge is 0.294 e. The van der Waals surface area contributed by atoms with Crippen molar-refractivity contribution < 1.29 is 14.2 Å². The van der Waals surface area contributed by atoms with Crippen molar-refractivity contribution in [2.24, 2.45) is 0 Å². The van der Waals surface area contributed by atoms with Crippen LogP contribution < -0.4 is 10.1 Å². The van der Waals surface area contributed by atoms with Gasteiger partial charge in [0.1, 0.15) is 5.57 Å². The van der Waals surface area contributed by atoms with E-state index in [1.165, 1.54) is 9.58 Å². The molecule has 2 amide bonds. The lowest BCUT2D eigenvalue weighted by molar-refractivity contribution is -0.576. The number of hydrogen-bond acceptors (Lipinski definition) is 3. The Bertz CT molecular complexity index is 1290. The Balaban J connectivity index is 2.04. The standard InChI is InChI=1S/C24H23ClN4O3/c1-14(2)20-18(23(31)29(26-20)17-10-8-16(25)9-11-17)19-21(27-12-6-5-7-13-27)24(32)28(15(3)4)22(19)30/h5-15H,1-4H3/p+1. The molecule has 7 nitrogen and oxygen atoms in total. The summed E-state index contributed by atoms with van der Waals surface area (Å²) in [7, 11) is 0. The van der Waals surface area contributed by atoms with Gasteiger partial charge in [0.2, 0.25) is 0 Å². The van der Waals surface area contributed by atoms with Gasteiger partial charge in [-0.3, -0.25) is 24.4 Å². The lowest BCUT2D eigenvalue weighted by Crippen LogP contribution is -2.42. The van der Waals surface area contributed by atoms with Crippen LogP contribution in [0.4, 0.5) is 0 Å². The number of rotatable bonds is 5. The molecule has 0 saturated heterocycles. The Hall–Kier alpha value is -3.45. The molecule has 0 saturated carbocycles. The van der Waals surface area contributed by atoms with Crippen molar-refractivity contribution in [1.82, 2.24) is 14.7 Å². The van der Waals surface area contributed by atoms with Crippen molar-refractivity contribution in [3.63, 3.8) is 0 Å². The molecule has 164 valence electrons. The summed E-state index contributed by atoms with van der Waals surface area (Å²) in [5.74, 6) is -1.00. The molecule has 0 radical (unpaired) electrons. The molecule has 1 N–H and O–H groups in total. The van der Waals surface area contributed by atoms with Crippen molar-refractivity contribution in [2.75, 3.05) is 0 Å². The highest BCUT2D eigenvalue weighted by molar-refractivity contribution is 6.44. The average Bonchev–Trinajstić information content (AvgIpc) is 3.22. The predicted octanol–water partition coefficient (Wildman–Crippen LogP) is 3.38. The first kappa shape index (κ1) is 21.8. The van der Waals surface area contributed by atoms with Gasteiger partial charge in [0.15, 0.2) is 12.4 Å². The highest BCUT2D eigenvalue weighted by atomic mass is 35.5. The van der Waals surface area contributed by atoms with E-state index in [2.05, 4.69) is 5.10 Å². The normalized spacial score (nSPS) is 14.4. The minimum absolute atomic E-state index is 0.100. The SMILES string of the molecule is CC(C)c1[nH]n(-c2ccc(Cl)cc2)c(=O)c1C1=C([n+]2ccccc2)C(=O)N(C(C)C)C1=O. The van der Waals surface area contributed by atoms with E-state index in [1.54, 1.807) is 67.2 Å². The van der Waals surface area contributed by atoms with Gasteiger partial charge in [0.05, 0.1) is 11.3 Å². The molecule has 32 heavy (non-hydrogen) atoms. The zero-order valence-electron chi connectivity index (χ0n) is 18.3. The Morgan fingerprint density at radius 2 is 1.53 bits per heavy atom. The molecule has 0 bridgehead atoms. The molecule has 3 aromatic rings. The van der Waals surface area contributed by atoms with Crippen molar-refractivity contribution >= 4 is 34.7 Å². The number of carbonyl (C=O) groups is 2. The minimum atomic E-state index is -0.474. The van der Waals surface area contributed by atoms with Gasteiger partial charge in [0.25, 0.3) is 17.2 Å². The highest BCUT2D eigenvalue weighted by Gasteiger charge is 2.48.